The number of anilines is 1. The van der Waals surface area contributed by atoms with E-state index in [9.17, 15) is 4.79 Å². The van der Waals surface area contributed by atoms with Gasteiger partial charge in [0.25, 0.3) is 0 Å². The van der Waals surface area contributed by atoms with Crippen LogP contribution in [0.15, 0.2) is 28.2 Å². The molecule has 5 nitrogen and oxygen atoms in total. The molecule has 0 spiro atoms. The van der Waals surface area contributed by atoms with E-state index in [2.05, 4.69) is 10.2 Å². The molecular formula is C11H13ClN4OS. The third-order valence-corrected chi connectivity index (χ3v) is 3.86. The molecule has 0 saturated heterocycles. The fourth-order valence-electron chi connectivity index (χ4n) is 1.54. The van der Waals surface area contributed by atoms with Crippen molar-refractivity contribution < 1.29 is 0 Å². The fraction of sp³-hybridized carbons (Fsp3) is 0.273. The van der Waals surface area contributed by atoms with E-state index in [0.29, 0.717) is 28.2 Å². The van der Waals surface area contributed by atoms with Gasteiger partial charge in [0.15, 0.2) is 5.16 Å². The molecule has 2 rings (SSSR count). The molecule has 0 aliphatic carbocycles. The Labute approximate surface area is 113 Å². The molecule has 0 aliphatic heterocycles. The molecule has 0 unspecified atom stereocenters. The van der Waals surface area contributed by atoms with Crippen LogP contribution in [0.2, 0.25) is 5.02 Å². The first-order valence-electron chi connectivity index (χ1n) is 5.43. The molecule has 1 heterocycles. The Morgan fingerprint density at radius 1 is 1.56 bits per heavy atom. The number of halogens is 1. The quantitative estimate of drug-likeness (QED) is 0.666. The molecule has 0 fully saturated rings. The van der Waals surface area contributed by atoms with E-state index < -0.39 is 0 Å². The van der Waals surface area contributed by atoms with Gasteiger partial charge >= 0.3 is 5.69 Å². The maximum absolute atomic E-state index is 11.4. The lowest BCUT2D eigenvalue weighted by Crippen LogP contribution is -2.16. The zero-order chi connectivity index (χ0) is 13.1. The molecule has 18 heavy (non-hydrogen) atoms. The van der Waals surface area contributed by atoms with Crippen LogP contribution < -0.4 is 11.4 Å². The highest BCUT2D eigenvalue weighted by Gasteiger charge is 2.08. The van der Waals surface area contributed by atoms with Gasteiger partial charge < -0.3 is 5.73 Å². The van der Waals surface area contributed by atoms with Crippen molar-refractivity contribution >= 4 is 29.1 Å². The third-order valence-electron chi connectivity index (χ3n) is 2.47. The van der Waals surface area contributed by atoms with Crippen molar-refractivity contribution in [1.29, 1.82) is 0 Å². The molecule has 0 atom stereocenters. The number of H-pyrrole nitrogens is 1. The van der Waals surface area contributed by atoms with Gasteiger partial charge in [0.05, 0.1) is 0 Å². The summed E-state index contributed by atoms with van der Waals surface area (Å²) in [7, 11) is 0. The van der Waals surface area contributed by atoms with E-state index in [1.807, 2.05) is 13.0 Å². The lowest BCUT2D eigenvalue weighted by atomic mass is 10.2. The van der Waals surface area contributed by atoms with Gasteiger partial charge in [-0.05, 0) is 30.7 Å². The van der Waals surface area contributed by atoms with Crippen molar-refractivity contribution in [2.45, 2.75) is 24.4 Å². The molecule has 1 aromatic heterocycles. The van der Waals surface area contributed by atoms with Crippen LogP contribution in [0.1, 0.15) is 12.5 Å². The summed E-state index contributed by atoms with van der Waals surface area (Å²) in [5, 5.41) is 7.72. The average molecular weight is 285 g/mol. The predicted molar refractivity (Wildman–Crippen MR) is 73.9 cm³/mol. The number of benzene rings is 1. The van der Waals surface area contributed by atoms with Crippen LogP contribution in [0.4, 0.5) is 5.69 Å². The maximum atomic E-state index is 11.4. The number of nitrogen functional groups attached to an aromatic ring is 1. The zero-order valence-electron chi connectivity index (χ0n) is 9.81. The van der Waals surface area contributed by atoms with Crippen LogP contribution in [-0.2, 0) is 12.3 Å². The lowest BCUT2D eigenvalue weighted by Gasteiger charge is -2.05. The van der Waals surface area contributed by atoms with Gasteiger partial charge in [-0.1, -0.05) is 23.4 Å². The number of nitrogens with one attached hydrogen (secondary N) is 1. The van der Waals surface area contributed by atoms with Crippen LogP contribution in [0, 0.1) is 0 Å². The minimum Gasteiger partial charge on any atom is -0.399 e. The molecule has 0 aliphatic rings. The molecule has 7 heteroatoms. The SMILES string of the molecule is CCn1c(SCc2cc(N)ccc2Cl)n[nH]c1=O. The van der Waals surface area contributed by atoms with E-state index in [1.54, 1.807) is 16.7 Å². The Morgan fingerprint density at radius 3 is 3.06 bits per heavy atom. The number of aromatic nitrogens is 3. The third kappa shape index (κ3) is 2.70. The highest BCUT2D eigenvalue weighted by atomic mass is 35.5. The van der Waals surface area contributed by atoms with E-state index in [-0.39, 0.29) is 5.69 Å². The molecule has 0 radical (unpaired) electrons. The van der Waals surface area contributed by atoms with Crippen LogP contribution >= 0.6 is 23.4 Å². The van der Waals surface area contributed by atoms with Crippen molar-refractivity contribution in [3.63, 3.8) is 0 Å². The summed E-state index contributed by atoms with van der Waals surface area (Å²) in [5.41, 5.74) is 7.12. The number of hydrogen-bond donors (Lipinski definition) is 2. The van der Waals surface area contributed by atoms with Crippen molar-refractivity contribution in [1.82, 2.24) is 14.8 Å². The number of aromatic amines is 1. The van der Waals surface area contributed by atoms with Crippen molar-refractivity contribution in [2.75, 3.05) is 5.73 Å². The highest BCUT2D eigenvalue weighted by Crippen LogP contribution is 2.26. The molecule has 96 valence electrons. The summed E-state index contributed by atoms with van der Waals surface area (Å²) in [6.45, 7) is 2.48. The van der Waals surface area contributed by atoms with Crippen LogP contribution in [-0.4, -0.2) is 14.8 Å². The Kier molecular flexibility index (Phi) is 3.98. The first-order chi connectivity index (χ1) is 8.61. The summed E-state index contributed by atoms with van der Waals surface area (Å²) >= 11 is 7.52. The topological polar surface area (TPSA) is 76.7 Å². The fourth-order valence-corrected chi connectivity index (χ4v) is 2.80. The zero-order valence-corrected chi connectivity index (χ0v) is 11.4. The first-order valence-corrected chi connectivity index (χ1v) is 6.80. The lowest BCUT2D eigenvalue weighted by molar-refractivity contribution is 0.660. The minimum absolute atomic E-state index is 0.196. The van der Waals surface area contributed by atoms with Gasteiger partial charge in [0, 0.05) is 23.0 Å². The monoisotopic (exact) mass is 284 g/mol. The highest BCUT2D eigenvalue weighted by molar-refractivity contribution is 7.98. The van der Waals surface area contributed by atoms with E-state index >= 15 is 0 Å². The number of nitrogens with zero attached hydrogens (tertiary/aromatic N) is 2. The Bertz CT molecular complexity index is 607. The average Bonchev–Trinajstić information content (AvgIpc) is 2.71. The summed E-state index contributed by atoms with van der Waals surface area (Å²) in [5.74, 6) is 0.619. The molecule has 0 amide bonds. The molecule has 0 bridgehead atoms. The Balaban J connectivity index is 2.16. The number of hydrogen-bond acceptors (Lipinski definition) is 4. The standard InChI is InChI=1S/C11H13ClN4OS/c1-2-16-10(17)14-15-11(16)18-6-7-5-8(13)3-4-9(7)12/h3-5H,2,6,13H2,1H3,(H,14,17). The summed E-state index contributed by atoms with van der Waals surface area (Å²) in [6, 6.07) is 5.35. The first kappa shape index (κ1) is 13.0. The maximum Gasteiger partial charge on any atom is 0.343 e. The van der Waals surface area contributed by atoms with Crippen LogP contribution in [0.5, 0.6) is 0 Å². The molecule has 0 saturated carbocycles. The summed E-state index contributed by atoms with van der Waals surface area (Å²) < 4.78 is 1.57. The predicted octanol–water partition coefficient (Wildman–Crippen LogP) is 2.12. The van der Waals surface area contributed by atoms with Gasteiger partial charge in [0.1, 0.15) is 0 Å². The minimum atomic E-state index is -0.196. The normalized spacial score (nSPS) is 10.8. The van der Waals surface area contributed by atoms with Gasteiger partial charge in [0.2, 0.25) is 0 Å². The number of rotatable bonds is 4. The van der Waals surface area contributed by atoms with E-state index in [0.717, 1.165) is 5.56 Å². The number of thioether (sulfide) groups is 1. The van der Waals surface area contributed by atoms with Gasteiger partial charge in [-0.15, -0.1) is 5.10 Å². The molecular weight excluding hydrogens is 272 g/mol. The summed E-state index contributed by atoms with van der Waals surface area (Å²) in [4.78, 5) is 11.4. The van der Waals surface area contributed by atoms with Crippen LogP contribution in [0.25, 0.3) is 0 Å². The smallest absolute Gasteiger partial charge is 0.343 e. The second-order valence-electron chi connectivity index (χ2n) is 3.70. The van der Waals surface area contributed by atoms with Crippen molar-refractivity contribution in [3.05, 3.63) is 39.3 Å². The summed E-state index contributed by atoms with van der Waals surface area (Å²) in [6.07, 6.45) is 0. The second kappa shape index (κ2) is 5.49. The molecule has 3 N–H and O–H groups in total. The second-order valence-corrected chi connectivity index (χ2v) is 5.04. The largest absolute Gasteiger partial charge is 0.399 e. The van der Waals surface area contributed by atoms with Gasteiger partial charge in [-0.2, -0.15) is 0 Å². The number of nitrogens with two attached hydrogens (primary N) is 1. The van der Waals surface area contributed by atoms with E-state index in [4.69, 9.17) is 17.3 Å². The van der Waals surface area contributed by atoms with E-state index in [1.165, 1.54) is 11.8 Å². The molecule has 1 aromatic carbocycles. The Morgan fingerprint density at radius 2 is 2.33 bits per heavy atom. The van der Waals surface area contributed by atoms with Gasteiger partial charge in [-0.25, -0.2) is 9.89 Å². The van der Waals surface area contributed by atoms with Crippen molar-refractivity contribution in [3.8, 4) is 0 Å². The van der Waals surface area contributed by atoms with Gasteiger partial charge in [-0.3, -0.25) is 4.57 Å². The molecule has 2 aromatic rings. The Hall–Kier alpha value is -1.40. The van der Waals surface area contributed by atoms with Crippen molar-refractivity contribution in [2.24, 2.45) is 0 Å². The van der Waals surface area contributed by atoms with Crippen LogP contribution in [0.3, 0.4) is 0 Å².